The Morgan fingerprint density at radius 3 is 2.84 bits per heavy atom. The number of halogens is 2. The maximum atomic E-state index is 13.1. The van der Waals surface area contributed by atoms with Gasteiger partial charge in [-0.2, -0.15) is 5.26 Å². The molecule has 0 spiro atoms. The first-order valence-electron chi connectivity index (χ1n) is 5.57. The lowest BCUT2D eigenvalue weighted by atomic mass is 10.1. The zero-order valence-electron chi connectivity index (χ0n) is 9.95. The van der Waals surface area contributed by atoms with E-state index in [0.717, 1.165) is 5.56 Å². The third-order valence-electron chi connectivity index (χ3n) is 2.63. The summed E-state index contributed by atoms with van der Waals surface area (Å²) in [5.41, 5.74) is 8.07. The molecule has 0 aliphatic heterocycles. The lowest BCUT2D eigenvalue weighted by Gasteiger charge is -2.10. The summed E-state index contributed by atoms with van der Waals surface area (Å²) in [6, 6.07) is 11.9. The van der Waals surface area contributed by atoms with Crippen LogP contribution >= 0.6 is 11.6 Å². The molecule has 0 aromatic heterocycles. The molecule has 0 saturated carbocycles. The second-order valence-corrected chi connectivity index (χ2v) is 4.43. The van der Waals surface area contributed by atoms with E-state index >= 15 is 0 Å². The minimum absolute atomic E-state index is 0.0162. The highest BCUT2D eigenvalue weighted by atomic mass is 35.5. The number of nitriles is 1. The molecule has 96 valence electrons. The zero-order valence-corrected chi connectivity index (χ0v) is 10.7. The average Bonchev–Trinajstić information content (AvgIpc) is 2.41. The first kappa shape index (κ1) is 13.2. The molecule has 19 heavy (non-hydrogen) atoms. The van der Waals surface area contributed by atoms with Gasteiger partial charge in [-0.15, -0.1) is 0 Å². The molecule has 3 nitrogen and oxygen atoms in total. The van der Waals surface area contributed by atoms with E-state index in [2.05, 4.69) is 11.4 Å². The molecule has 0 bridgehead atoms. The maximum absolute atomic E-state index is 13.1. The highest BCUT2D eigenvalue weighted by Crippen LogP contribution is 2.26. The minimum atomic E-state index is -0.545. The molecule has 0 atom stereocenters. The van der Waals surface area contributed by atoms with Gasteiger partial charge < -0.3 is 11.1 Å². The summed E-state index contributed by atoms with van der Waals surface area (Å²) >= 11 is 5.70. The molecule has 2 rings (SSSR count). The number of rotatable bonds is 3. The number of nitrogen functional groups attached to an aromatic ring is 1. The number of benzene rings is 2. The third kappa shape index (κ3) is 3.15. The molecule has 0 unspecified atom stereocenters. The topological polar surface area (TPSA) is 61.8 Å². The Hall–Kier alpha value is -2.25. The van der Waals surface area contributed by atoms with Crippen LogP contribution in [-0.4, -0.2) is 0 Å². The van der Waals surface area contributed by atoms with Crippen molar-refractivity contribution >= 4 is 23.0 Å². The summed E-state index contributed by atoms with van der Waals surface area (Å²) in [7, 11) is 0. The highest BCUT2D eigenvalue weighted by molar-refractivity contribution is 6.31. The fourth-order valence-electron chi connectivity index (χ4n) is 1.66. The van der Waals surface area contributed by atoms with Crippen LogP contribution in [0.2, 0.25) is 5.02 Å². The van der Waals surface area contributed by atoms with Crippen LogP contribution in [0.1, 0.15) is 11.1 Å². The molecular weight excluding hydrogens is 265 g/mol. The first-order chi connectivity index (χ1) is 9.10. The Morgan fingerprint density at radius 2 is 2.11 bits per heavy atom. The molecule has 0 aliphatic rings. The summed E-state index contributed by atoms with van der Waals surface area (Å²) in [5, 5.41) is 11.9. The summed E-state index contributed by atoms with van der Waals surface area (Å²) in [5.74, 6) is -0.545. The Morgan fingerprint density at radius 1 is 1.32 bits per heavy atom. The molecule has 2 aromatic carbocycles. The number of nitrogens with one attached hydrogen (secondary N) is 1. The molecule has 2 aromatic rings. The van der Waals surface area contributed by atoms with Crippen LogP contribution in [0.25, 0.3) is 0 Å². The molecule has 5 heteroatoms. The number of nitrogens with zero attached hydrogens (tertiary/aromatic N) is 1. The predicted molar refractivity (Wildman–Crippen MR) is 74.3 cm³/mol. The van der Waals surface area contributed by atoms with Crippen LogP contribution in [0.15, 0.2) is 36.4 Å². The lowest BCUT2D eigenvalue weighted by molar-refractivity contribution is 0.629. The summed E-state index contributed by atoms with van der Waals surface area (Å²) in [6.45, 7) is 0.474. The summed E-state index contributed by atoms with van der Waals surface area (Å²) in [4.78, 5) is 0. The fourth-order valence-corrected chi connectivity index (χ4v) is 1.83. The van der Waals surface area contributed by atoms with Crippen molar-refractivity contribution in [1.29, 1.82) is 5.26 Å². The van der Waals surface area contributed by atoms with E-state index < -0.39 is 5.82 Å². The van der Waals surface area contributed by atoms with Crippen LogP contribution in [0.4, 0.5) is 15.8 Å². The second kappa shape index (κ2) is 5.59. The number of nitrogens with two attached hydrogens (primary N) is 1. The quantitative estimate of drug-likeness (QED) is 0.842. The Labute approximate surface area is 115 Å². The van der Waals surface area contributed by atoms with Crippen LogP contribution in [-0.2, 0) is 6.54 Å². The van der Waals surface area contributed by atoms with E-state index in [0.29, 0.717) is 23.5 Å². The van der Waals surface area contributed by atoms with Gasteiger partial charge in [-0.1, -0.05) is 23.7 Å². The van der Waals surface area contributed by atoms with Gasteiger partial charge in [-0.05, 0) is 23.8 Å². The normalized spacial score (nSPS) is 9.95. The van der Waals surface area contributed by atoms with E-state index in [-0.39, 0.29) is 5.02 Å². The van der Waals surface area contributed by atoms with Crippen molar-refractivity contribution in [3.8, 4) is 6.07 Å². The van der Waals surface area contributed by atoms with Gasteiger partial charge in [0.05, 0.1) is 28.0 Å². The highest BCUT2D eigenvalue weighted by Gasteiger charge is 2.06. The molecule has 0 amide bonds. The molecule has 3 N–H and O–H groups in total. The van der Waals surface area contributed by atoms with Crippen molar-refractivity contribution in [2.75, 3.05) is 11.1 Å². The number of anilines is 2. The van der Waals surface area contributed by atoms with E-state index in [1.165, 1.54) is 12.1 Å². The number of hydrogen-bond donors (Lipinski definition) is 2. The van der Waals surface area contributed by atoms with Gasteiger partial charge in [0, 0.05) is 12.6 Å². The lowest BCUT2D eigenvalue weighted by Crippen LogP contribution is -2.03. The van der Waals surface area contributed by atoms with Crippen molar-refractivity contribution in [2.45, 2.75) is 6.54 Å². The van der Waals surface area contributed by atoms with Gasteiger partial charge in [0.25, 0.3) is 0 Å². The summed E-state index contributed by atoms with van der Waals surface area (Å²) in [6.07, 6.45) is 0. The molecule has 0 saturated heterocycles. The van der Waals surface area contributed by atoms with E-state index in [1.54, 1.807) is 18.2 Å². The van der Waals surface area contributed by atoms with Gasteiger partial charge in [0.2, 0.25) is 0 Å². The van der Waals surface area contributed by atoms with Gasteiger partial charge >= 0.3 is 0 Å². The number of hydrogen-bond acceptors (Lipinski definition) is 3. The Balaban J connectivity index is 2.14. The van der Waals surface area contributed by atoms with Crippen molar-refractivity contribution in [2.24, 2.45) is 0 Å². The standard InChI is InChI=1S/C14H11ClFN3/c15-11-5-14(13(18)6-12(11)16)19-8-10-3-1-2-9(4-10)7-17/h1-6,19H,8,18H2. The van der Waals surface area contributed by atoms with Gasteiger partial charge in [-0.25, -0.2) is 4.39 Å². The van der Waals surface area contributed by atoms with Crippen LogP contribution in [0.5, 0.6) is 0 Å². The fraction of sp³-hybridized carbons (Fsp3) is 0.0714. The van der Waals surface area contributed by atoms with Gasteiger partial charge in [0.15, 0.2) is 0 Å². The largest absolute Gasteiger partial charge is 0.397 e. The second-order valence-electron chi connectivity index (χ2n) is 4.02. The Bertz CT molecular complexity index is 650. The smallest absolute Gasteiger partial charge is 0.143 e. The van der Waals surface area contributed by atoms with Crippen LogP contribution in [0, 0.1) is 17.1 Å². The van der Waals surface area contributed by atoms with E-state index in [1.807, 2.05) is 6.07 Å². The van der Waals surface area contributed by atoms with Gasteiger partial charge in [0.1, 0.15) is 5.82 Å². The summed E-state index contributed by atoms with van der Waals surface area (Å²) < 4.78 is 13.1. The van der Waals surface area contributed by atoms with Crippen LogP contribution < -0.4 is 11.1 Å². The molecule has 0 radical (unpaired) electrons. The monoisotopic (exact) mass is 275 g/mol. The molecule has 0 fully saturated rings. The maximum Gasteiger partial charge on any atom is 0.143 e. The Kier molecular flexibility index (Phi) is 3.88. The van der Waals surface area contributed by atoms with E-state index in [4.69, 9.17) is 22.6 Å². The van der Waals surface area contributed by atoms with Crippen molar-refractivity contribution in [3.63, 3.8) is 0 Å². The first-order valence-corrected chi connectivity index (χ1v) is 5.95. The molecule has 0 heterocycles. The third-order valence-corrected chi connectivity index (χ3v) is 2.92. The van der Waals surface area contributed by atoms with Gasteiger partial charge in [-0.3, -0.25) is 0 Å². The molecular formula is C14H11ClFN3. The molecule has 0 aliphatic carbocycles. The SMILES string of the molecule is N#Cc1cccc(CNc2cc(Cl)c(F)cc2N)c1. The predicted octanol–water partition coefficient (Wildman–Crippen LogP) is 3.55. The minimum Gasteiger partial charge on any atom is -0.397 e. The van der Waals surface area contributed by atoms with E-state index in [9.17, 15) is 4.39 Å². The van der Waals surface area contributed by atoms with Crippen molar-refractivity contribution < 1.29 is 4.39 Å². The zero-order chi connectivity index (χ0) is 13.8. The average molecular weight is 276 g/mol. The van der Waals surface area contributed by atoms with Crippen LogP contribution in [0.3, 0.4) is 0 Å². The van der Waals surface area contributed by atoms with Crippen molar-refractivity contribution in [3.05, 3.63) is 58.4 Å². The van der Waals surface area contributed by atoms with Crippen molar-refractivity contribution in [1.82, 2.24) is 0 Å².